The van der Waals surface area contributed by atoms with Gasteiger partial charge in [-0.2, -0.15) is 48.2 Å². The zero-order valence-corrected chi connectivity index (χ0v) is 25.2. The first-order valence-electron chi connectivity index (χ1n) is 13.1. The normalized spacial score (nSPS) is 16.6. The summed E-state index contributed by atoms with van der Waals surface area (Å²) >= 11 is 0.897. The third-order valence-corrected chi connectivity index (χ3v) is 10.0. The first-order chi connectivity index (χ1) is 20.7. The molecule has 4 rings (SSSR count). The molecule has 1 aliphatic rings. The largest absolute Gasteiger partial charge is 0.460 e. The van der Waals surface area contributed by atoms with Crippen molar-refractivity contribution in [3.8, 4) is 0 Å². The number of nitrogen functional groups attached to an aromatic ring is 1. The third-order valence-electron chi connectivity index (χ3n) is 7.26. The van der Waals surface area contributed by atoms with Crippen molar-refractivity contribution in [2.45, 2.75) is 35.6 Å². The van der Waals surface area contributed by atoms with Gasteiger partial charge in [0, 0.05) is 69.1 Å². The smallest absolute Gasteiger partial charge is 0.399 e. The molecule has 3 aromatic rings. The predicted molar refractivity (Wildman–Crippen MR) is 151 cm³/mol. The number of piperazine rings is 1. The average Bonchev–Trinajstić information content (AvgIpc) is 3.46. The fraction of sp³-hybridized carbons (Fsp3) is 0.462. The average molecular weight is 691 g/mol. The quantitative estimate of drug-likeness (QED) is 0.224. The molecule has 1 atom stereocenters. The van der Waals surface area contributed by atoms with E-state index in [-0.39, 0.29) is 15.4 Å². The maximum absolute atomic E-state index is 14.3. The second-order valence-electron chi connectivity index (χ2n) is 10.5. The molecule has 2 aromatic carbocycles. The maximum Gasteiger partial charge on any atom is 0.460 e. The topological polar surface area (TPSA) is 95.7 Å². The zero-order valence-electron chi connectivity index (χ0n) is 23.6. The highest BCUT2D eigenvalue weighted by atomic mass is 32.2. The predicted octanol–water partition coefficient (Wildman–Crippen LogP) is 5.44. The van der Waals surface area contributed by atoms with Gasteiger partial charge in [0.15, 0.2) is 5.82 Å². The molecule has 1 aromatic heterocycles. The van der Waals surface area contributed by atoms with E-state index in [1.54, 1.807) is 24.3 Å². The molecule has 45 heavy (non-hydrogen) atoms. The van der Waals surface area contributed by atoms with Crippen molar-refractivity contribution in [1.29, 1.82) is 0 Å². The lowest BCUT2D eigenvalue weighted by Gasteiger charge is -2.38. The molecule has 8 nitrogen and oxygen atoms in total. The van der Waals surface area contributed by atoms with E-state index in [1.807, 2.05) is 43.3 Å². The number of hydrogen-bond acceptors (Lipinski definition) is 8. The number of alkyl halides is 9. The molecule has 2 N–H and O–H groups in total. The molecule has 0 saturated carbocycles. The standard InChI is InChI=1S/C26H27F9N6O2S2/c1-39(2)19-9-3-16(4-10-19)15-20(17-5-7-18(36)8-6-17)21-37-22(44-38-21)40-11-13-41(14-12-40)45(42,43)26(34,35)24(29,30)23(27,28)25(31,32)33/h3-10,20H,11-15,36H2,1-2H3. The minimum absolute atomic E-state index is 0.228. The molecular weight excluding hydrogens is 663 g/mol. The molecule has 1 fully saturated rings. The van der Waals surface area contributed by atoms with Crippen molar-refractivity contribution in [2.24, 2.45) is 0 Å². The highest BCUT2D eigenvalue weighted by molar-refractivity contribution is 7.90. The Balaban J connectivity index is 1.53. The minimum Gasteiger partial charge on any atom is -0.399 e. The van der Waals surface area contributed by atoms with Crippen LogP contribution in [-0.4, -0.2) is 85.6 Å². The van der Waals surface area contributed by atoms with Gasteiger partial charge in [-0.05, 0) is 41.8 Å². The summed E-state index contributed by atoms with van der Waals surface area (Å²) < 4.78 is 149. The van der Waals surface area contributed by atoms with Crippen LogP contribution in [-0.2, 0) is 16.4 Å². The molecular formula is C26H27F9N6O2S2. The Morgan fingerprint density at radius 2 is 1.42 bits per heavy atom. The van der Waals surface area contributed by atoms with E-state index < -0.39 is 59.5 Å². The summed E-state index contributed by atoms with van der Waals surface area (Å²) in [4.78, 5) is 7.90. The summed E-state index contributed by atoms with van der Waals surface area (Å²) in [5.74, 6) is -14.6. The number of anilines is 3. The highest BCUT2D eigenvalue weighted by Gasteiger charge is 2.85. The molecule has 19 heteroatoms. The number of benzene rings is 2. The molecule has 0 radical (unpaired) electrons. The summed E-state index contributed by atoms with van der Waals surface area (Å²) in [6.07, 6.45) is -6.67. The van der Waals surface area contributed by atoms with Gasteiger partial charge < -0.3 is 15.5 Å². The molecule has 0 aliphatic carbocycles. The molecule has 0 amide bonds. The lowest BCUT2D eigenvalue weighted by molar-refractivity contribution is -0.382. The van der Waals surface area contributed by atoms with E-state index in [9.17, 15) is 47.9 Å². The van der Waals surface area contributed by atoms with Crippen molar-refractivity contribution in [3.63, 3.8) is 0 Å². The van der Waals surface area contributed by atoms with Crippen LogP contribution in [0.1, 0.15) is 22.9 Å². The first-order valence-corrected chi connectivity index (χ1v) is 15.3. The Labute approximate surface area is 256 Å². The Kier molecular flexibility index (Phi) is 9.31. The zero-order chi connectivity index (χ0) is 33.6. The van der Waals surface area contributed by atoms with Crippen LogP contribution < -0.4 is 15.5 Å². The Morgan fingerprint density at radius 1 is 0.867 bits per heavy atom. The van der Waals surface area contributed by atoms with Crippen LogP contribution in [0.15, 0.2) is 48.5 Å². The molecule has 2 heterocycles. The van der Waals surface area contributed by atoms with Crippen LogP contribution >= 0.6 is 11.5 Å². The van der Waals surface area contributed by atoms with E-state index in [2.05, 4.69) is 9.36 Å². The van der Waals surface area contributed by atoms with Crippen LogP contribution in [0.25, 0.3) is 0 Å². The van der Waals surface area contributed by atoms with Crippen LogP contribution in [0.3, 0.4) is 0 Å². The van der Waals surface area contributed by atoms with Crippen LogP contribution in [0.4, 0.5) is 56.0 Å². The van der Waals surface area contributed by atoms with Gasteiger partial charge in [-0.25, -0.2) is 13.4 Å². The van der Waals surface area contributed by atoms with E-state index in [4.69, 9.17) is 5.73 Å². The van der Waals surface area contributed by atoms with Crippen LogP contribution in [0.5, 0.6) is 0 Å². The van der Waals surface area contributed by atoms with E-state index >= 15 is 0 Å². The monoisotopic (exact) mass is 690 g/mol. The Hall–Kier alpha value is -3.32. The summed E-state index contributed by atoms with van der Waals surface area (Å²) in [7, 11) is -2.87. The fourth-order valence-electron chi connectivity index (χ4n) is 4.55. The van der Waals surface area contributed by atoms with E-state index in [0.717, 1.165) is 28.3 Å². The summed E-state index contributed by atoms with van der Waals surface area (Å²) in [6.45, 7) is -2.66. The van der Waals surface area contributed by atoms with Crippen molar-refractivity contribution >= 4 is 38.1 Å². The number of hydrogen-bond donors (Lipinski definition) is 1. The Morgan fingerprint density at radius 3 is 1.93 bits per heavy atom. The number of halogens is 9. The fourth-order valence-corrected chi connectivity index (χ4v) is 6.75. The van der Waals surface area contributed by atoms with E-state index in [0.29, 0.717) is 17.9 Å². The lowest BCUT2D eigenvalue weighted by atomic mass is 9.91. The van der Waals surface area contributed by atoms with Gasteiger partial charge in [-0.1, -0.05) is 24.3 Å². The van der Waals surface area contributed by atoms with Gasteiger partial charge in [-0.3, -0.25) is 0 Å². The summed E-state index contributed by atoms with van der Waals surface area (Å²) in [6, 6.07) is 14.8. The molecule has 0 spiro atoms. The van der Waals surface area contributed by atoms with Gasteiger partial charge >= 0.3 is 23.3 Å². The number of nitrogens with zero attached hydrogens (tertiary/aromatic N) is 5. The number of sulfonamides is 1. The summed E-state index contributed by atoms with van der Waals surface area (Å²) in [5, 5.41) is -6.54. The molecule has 1 aliphatic heterocycles. The van der Waals surface area contributed by atoms with Gasteiger partial charge in [-0.15, -0.1) is 0 Å². The van der Waals surface area contributed by atoms with Gasteiger partial charge in [0.25, 0.3) is 10.0 Å². The maximum atomic E-state index is 14.3. The summed E-state index contributed by atoms with van der Waals surface area (Å²) in [5.41, 5.74) is 9.11. The number of rotatable bonds is 10. The Bertz CT molecular complexity index is 1570. The van der Waals surface area contributed by atoms with Crippen molar-refractivity contribution < 1.29 is 47.9 Å². The van der Waals surface area contributed by atoms with Gasteiger partial charge in [0.2, 0.25) is 5.13 Å². The van der Waals surface area contributed by atoms with Crippen LogP contribution in [0.2, 0.25) is 0 Å². The minimum atomic E-state index is -7.32. The molecule has 0 bridgehead atoms. The van der Waals surface area contributed by atoms with Crippen molar-refractivity contribution in [1.82, 2.24) is 13.7 Å². The van der Waals surface area contributed by atoms with Crippen molar-refractivity contribution in [3.05, 3.63) is 65.5 Å². The van der Waals surface area contributed by atoms with Crippen molar-refractivity contribution in [2.75, 3.05) is 55.8 Å². The number of aromatic nitrogens is 2. The molecule has 1 saturated heterocycles. The highest BCUT2D eigenvalue weighted by Crippen LogP contribution is 2.55. The van der Waals surface area contributed by atoms with Gasteiger partial charge in [0.1, 0.15) is 0 Å². The molecule has 248 valence electrons. The second kappa shape index (κ2) is 12.1. The second-order valence-corrected chi connectivity index (χ2v) is 13.2. The first kappa shape index (κ1) is 34.6. The van der Waals surface area contributed by atoms with E-state index in [1.165, 1.54) is 4.90 Å². The third kappa shape index (κ3) is 6.38. The van der Waals surface area contributed by atoms with Crippen LogP contribution in [0, 0.1) is 0 Å². The molecule has 1 unspecified atom stereocenters. The van der Waals surface area contributed by atoms with Gasteiger partial charge in [0.05, 0.1) is 0 Å². The number of nitrogens with two attached hydrogens (primary N) is 1. The SMILES string of the molecule is CN(C)c1ccc(CC(c2ccc(N)cc2)c2nsc(N3CCN(S(=O)(=O)C(F)(F)C(F)(F)C(F)(F)C(F)(F)F)CC3)n2)cc1. The lowest BCUT2D eigenvalue weighted by Crippen LogP contribution is -2.66.